The van der Waals surface area contributed by atoms with E-state index in [2.05, 4.69) is 15.9 Å². The summed E-state index contributed by atoms with van der Waals surface area (Å²) in [5.74, 6) is 0.758. The summed E-state index contributed by atoms with van der Waals surface area (Å²) < 4.78 is 6.09. The molecule has 0 aliphatic heterocycles. The first-order chi connectivity index (χ1) is 9.19. The Labute approximate surface area is 120 Å². The molecule has 0 spiro atoms. The lowest BCUT2D eigenvalue weighted by Crippen LogP contribution is -1.93. The number of carbonyl (C=O) groups is 1. The number of benzene rings is 2. The molecule has 0 heterocycles. The lowest BCUT2D eigenvalue weighted by molar-refractivity contribution is 0.104. The van der Waals surface area contributed by atoms with Gasteiger partial charge in [0.1, 0.15) is 5.75 Å². The SMILES string of the molecule is COc1cccc(/C=C/C(=O)c2ccc(Br)cc2)c1. The smallest absolute Gasteiger partial charge is 0.185 e. The van der Waals surface area contributed by atoms with Crippen LogP contribution in [-0.4, -0.2) is 12.9 Å². The summed E-state index contributed by atoms with van der Waals surface area (Å²) >= 11 is 3.34. The maximum atomic E-state index is 12.0. The van der Waals surface area contributed by atoms with Crippen LogP contribution in [0.25, 0.3) is 6.08 Å². The minimum Gasteiger partial charge on any atom is -0.497 e. The summed E-state index contributed by atoms with van der Waals surface area (Å²) in [7, 11) is 1.62. The highest BCUT2D eigenvalue weighted by Gasteiger charge is 2.01. The van der Waals surface area contributed by atoms with Crippen LogP contribution in [0.4, 0.5) is 0 Å². The Hall–Kier alpha value is -1.87. The van der Waals surface area contributed by atoms with E-state index in [-0.39, 0.29) is 5.78 Å². The van der Waals surface area contributed by atoms with Gasteiger partial charge in [0.15, 0.2) is 5.78 Å². The van der Waals surface area contributed by atoms with Gasteiger partial charge in [-0.2, -0.15) is 0 Å². The van der Waals surface area contributed by atoms with Gasteiger partial charge in [0.05, 0.1) is 7.11 Å². The van der Waals surface area contributed by atoms with E-state index in [9.17, 15) is 4.79 Å². The Balaban J connectivity index is 2.13. The molecule has 0 aliphatic rings. The van der Waals surface area contributed by atoms with Crippen LogP contribution >= 0.6 is 15.9 Å². The van der Waals surface area contributed by atoms with Crippen LogP contribution in [0, 0.1) is 0 Å². The zero-order valence-electron chi connectivity index (χ0n) is 10.5. The van der Waals surface area contributed by atoms with Crippen molar-refractivity contribution in [2.45, 2.75) is 0 Å². The maximum Gasteiger partial charge on any atom is 0.185 e. The van der Waals surface area contributed by atoms with Crippen LogP contribution in [0.1, 0.15) is 15.9 Å². The van der Waals surface area contributed by atoms with Gasteiger partial charge < -0.3 is 4.74 Å². The fraction of sp³-hybridized carbons (Fsp3) is 0.0625. The van der Waals surface area contributed by atoms with Crippen molar-refractivity contribution >= 4 is 27.8 Å². The summed E-state index contributed by atoms with van der Waals surface area (Å²) in [5.41, 5.74) is 1.60. The average Bonchev–Trinajstić information content (AvgIpc) is 2.46. The van der Waals surface area contributed by atoms with E-state index in [0.717, 1.165) is 15.8 Å². The van der Waals surface area contributed by atoms with Crippen LogP contribution < -0.4 is 4.74 Å². The third kappa shape index (κ3) is 3.80. The predicted octanol–water partition coefficient (Wildman–Crippen LogP) is 4.35. The van der Waals surface area contributed by atoms with Crippen molar-refractivity contribution in [1.82, 2.24) is 0 Å². The third-order valence-corrected chi connectivity index (χ3v) is 3.18. The van der Waals surface area contributed by atoms with Gasteiger partial charge in [0.2, 0.25) is 0 Å². The van der Waals surface area contributed by atoms with E-state index >= 15 is 0 Å². The number of ether oxygens (including phenoxy) is 1. The van der Waals surface area contributed by atoms with Crippen molar-refractivity contribution in [3.63, 3.8) is 0 Å². The lowest BCUT2D eigenvalue weighted by Gasteiger charge is -2.00. The first-order valence-electron chi connectivity index (χ1n) is 5.81. The summed E-state index contributed by atoms with van der Waals surface area (Å²) in [6.45, 7) is 0. The van der Waals surface area contributed by atoms with Gasteiger partial charge in [-0.1, -0.05) is 34.1 Å². The molecule has 0 atom stereocenters. The number of carbonyl (C=O) groups excluding carboxylic acids is 1. The number of hydrogen-bond donors (Lipinski definition) is 0. The van der Waals surface area contributed by atoms with Crippen molar-refractivity contribution in [3.05, 3.63) is 70.2 Å². The topological polar surface area (TPSA) is 26.3 Å². The van der Waals surface area contributed by atoms with Crippen LogP contribution in [0.15, 0.2) is 59.1 Å². The molecule has 0 bridgehead atoms. The molecule has 0 amide bonds. The fourth-order valence-corrected chi connectivity index (χ4v) is 1.89. The average molecular weight is 317 g/mol. The van der Waals surface area contributed by atoms with Gasteiger partial charge in [0.25, 0.3) is 0 Å². The highest BCUT2D eigenvalue weighted by molar-refractivity contribution is 9.10. The second-order valence-corrected chi connectivity index (χ2v) is 4.90. The van der Waals surface area contributed by atoms with Crippen molar-refractivity contribution < 1.29 is 9.53 Å². The van der Waals surface area contributed by atoms with Gasteiger partial charge in [-0.15, -0.1) is 0 Å². The highest BCUT2D eigenvalue weighted by Crippen LogP contribution is 2.15. The van der Waals surface area contributed by atoms with E-state index < -0.39 is 0 Å². The molecule has 3 heteroatoms. The minimum atomic E-state index is -0.0182. The zero-order valence-corrected chi connectivity index (χ0v) is 12.1. The minimum absolute atomic E-state index is 0.0182. The molecule has 2 aromatic rings. The van der Waals surface area contributed by atoms with Crippen molar-refractivity contribution in [2.75, 3.05) is 7.11 Å². The fourth-order valence-electron chi connectivity index (χ4n) is 1.63. The van der Waals surface area contributed by atoms with E-state index in [1.165, 1.54) is 0 Å². The molecule has 0 N–H and O–H groups in total. The highest BCUT2D eigenvalue weighted by atomic mass is 79.9. The molecule has 0 fully saturated rings. The second kappa shape index (κ2) is 6.34. The molecule has 2 aromatic carbocycles. The number of rotatable bonds is 4. The van der Waals surface area contributed by atoms with Crippen LogP contribution in [0.3, 0.4) is 0 Å². The Kier molecular flexibility index (Phi) is 4.53. The van der Waals surface area contributed by atoms with Crippen molar-refractivity contribution in [1.29, 1.82) is 0 Å². The van der Waals surface area contributed by atoms with E-state index in [0.29, 0.717) is 5.56 Å². The number of hydrogen-bond acceptors (Lipinski definition) is 2. The summed E-state index contributed by atoms with van der Waals surface area (Å²) in [5, 5.41) is 0. The zero-order chi connectivity index (χ0) is 13.7. The maximum absolute atomic E-state index is 12.0. The van der Waals surface area contributed by atoms with Gasteiger partial charge in [-0.25, -0.2) is 0 Å². The molecule has 0 aliphatic carbocycles. The molecule has 0 radical (unpaired) electrons. The summed E-state index contributed by atoms with van der Waals surface area (Å²) in [6.07, 6.45) is 3.35. The Morgan fingerprint density at radius 2 is 1.89 bits per heavy atom. The standard InChI is InChI=1S/C16H13BrO2/c1-19-15-4-2-3-12(11-15)5-10-16(18)13-6-8-14(17)9-7-13/h2-11H,1H3/b10-5+. The summed E-state index contributed by atoms with van der Waals surface area (Å²) in [6, 6.07) is 14.9. The van der Waals surface area contributed by atoms with E-state index in [1.807, 2.05) is 36.4 Å². The molecule has 0 saturated heterocycles. The van der Waals surface area contributed by atoms with E-state index in [4.69, 9.17) is 4.74 Å². The Bertz CT molecular complexity index is 600. The normalized spacial score (nSPS) is 10.6. The van der Waals surface area contributed by atoms with Gasteiger partial charge in [-0.05, 0) is 48.0 Å². The molecule has 96 valence electrons. The van der Waals surface area contributed by atoms with Gasteiger partial charge in [0, 0.05) is 10.0 Å². The summed E-state index contributed by atoms with van der Waals surface area (Å²) in [4.78, 5) is 12.0. The molecule has 0 unspecified atom stereocenters. The number of ketones is 1. The van der Waals surface area contributed by atoms with Crippen LogP contribution in [-0.2, 0) is 0 Å². The molecular formula is C16H13BrO2. The van der Waals surface area contributed by atoms with Crippen LogP contribution in [0.5, 0.6) is 5.75 Å². The number of allylic oxidation sites excluding steroid dienone is 1. The monoisotopic (exact) mass is 316 g/mol. The van der Waals surface area contributed by atoms with Crippen LogP contribution in [0.2, 0.25) is 0 Å². The Morgan fingerprint density at radius 1 is 1.16 bits per heavy atom. The van der Waals surface area contributed by atoms with Crippen molar-refractivity contribution in [3.8, 4) is 5.75 Å². The molecule has 0 saturated carbocycles. The van der Waals surface area contributed by atoms with Gasteiger partial charge >= 0.3 is 0 Å². The largest absolute Gasteiger partial charge is 0.497 e. The number of methoxy groups -OCH3 is 1. The van der Waals surface area contributed by atoms with Crippen molar-refractivity contribution in [2.24, 2.45) is 0 Å². The quantitative estimate of drug-likeness (QED) is 0.619. The molecular weight excluding hydrogens is 304 g/mol. The number of halogens is 1. The molecule has 19 heavy (non-hydrogen) atoms. The third-order valence-electron chi connectivity index (χ3n) is 2.65. The molecule has 2 rings (SSSR count). The molecule has 0 aromatic heterocycles. The predicted molar refractivity (Wildman–Crippen MR) is 80.5 cm³/mol. The van der Waals surface area contributed by atoms with E-state index in [1.54, 1.807) is 31.4 Å². The Morgan fingerprint density at radius 3 is 2.58 bits per heavy atom. The molecule has 2 nitrogen and oxygen atoms in total. The second-order valence-electron chi connectivity index (χ2n) is 3.98. The first-order valence-corrected chi connectivity index (χ1v) is 6.60. The first kappa shape index (κ1) is 13.6. The van der Waals surface area contributed by atoms with Gasteiger partial charge in [-0.3, -0.25) is 4.79 Å². The lowest BCUT2D eigenvalue weighted by atomic mass is 10.1.